The molecule has 4 amide bonds. The molecular weight excluding hydrogens is 765 g/mol. The van der Waals surface area contributed by atoms with E-state index < -0.39 is 24.3 Å². The molecule has 2 fully saturated rings. The maximum atomic E-state index is 13.9. The maximum absolute atomic E-state index is 13.9. The van der Waals surface area contributed by atoms with E-state index >= 15 is 0 Å². The number of hydrogen-bond acceptors (Lipinski definition) is 10. The minimum absolute atomic E-state index is 0.230. The van der Waals surface area contributed by atoms with Gasteiger partial charge in [-0.25, -0.2) is 29.5 Å². The van der Waals surface area contributed by atoms with Crippen LogP contribution in [0.25, 0.3) is 33.9 Å². The highest BCUT2D eigenvalue weighted by molar-refractivity contribution is 5.88. The van der Waals surface area contributed by atoms with E-state index in [2.05, 4.69) is 40.5 Å². The number of aromatic amines is 2. The van der Waals surface area contributed by atoms with E-state index in [1.165, 1.54) is 14.2 Å². The summed E-state index contributed by atoms with van der Waals surface area (Å²) in [5, 5.41) is 5.39. The van der Waals surface area contributed by atoms with E-state index in [9.17, 15) is 19.2 Å². The fourth-order valence-electron chi connectivity index (χ4n) is 7.90. The first-order chi connectivity index (χ1) is 29.3. The van der Waals surface area contributed by atoms with Crippen molar-refractivity contribution in [2.24, 2.45) is 0 Å². The Morgan fingerprint density at radius 1 is 0.583 bits per heavy atom. The lowest BCUT2D eigenvalue weighted by molar-refractivity contribution is -0.135. The molecule has 2 aliphatic rings. The number of methoxy groups -OCH3 is 2. The normalized spacial score (nSPS) is 17.2. The summed E-state index contributed by atoms with van der Waals surface area (Å²) in [6, 6.07) is 23.6. The van der Waals surface area contributed by atoms with Crippen LogP contribution in [0.15, 0.2) is 110 Å². The van der Waals surface area contributed by atoms with Gasteiger partial charge in [0.25, 0.3) is 11.8 Å². The third-order valence-electron chi connectivity index (χ3n) is 11.0. The highest BCUT2D eigenvalue weighted by atomic mass is 16.5. The number of carbonyl (C=O) groups excluding carboxylic acids is 4. The number of aromatic nitrogens is 6. The van der Waals surface area contributed by atoms with Crippen molar-refractivity contribution in [2.75, 3.05) is 27.3 Å². The summed E-state index contributed by atoms with van der Waals surface area (Å²) in [6.07, 6.45) is 8.61. The third kappa shape index (κ3) is 8.30. The highest BCUT2D eigenvalue weighted by Gasteiger charge is 2.38. The third-order valence-corrected chi connectivity index (χ3v) is 11.0. The van der Waals surface area contributed by atoms with Gasteiger partial charge in [-0.3, -0.25) is 9.59 Å². The van der Waals surface area contributed by atoms with Gasteiger partial charge in [0.2, 0.25) is 0 Å². The van der Waals surface area contributed by atoms with Crippen LogP contribution in [0.1, 0.15) is 72.6 Å². The van der Waals surface area contributed by atoms with Crippen LogP contribution in [0.4, 0.5) is 9.59 Å². The Labute approximate surface area is 345 Å². The molecular formula is C44H44N10O6. The molecule has 2 saturated heterocycles. The summed E-state index contributed by atoms with van der Waals surface area (Å²) in [5.74, 6) is 1.38. The van der Waals surface area contributed by atoms with Crippen LogP contribution in [0, 0.1) is 0 Å². The van der Waals surface area contributed by atoms with Crippen LogP contribution in [-0.4, -0.2) is 91.0 Å². The number of benzene rings is 3. The van der Waals surface area contributed by atoms with Gasteiger partial charge in [0, 0.05) is 36.6 Å². The number of nitrogens with zero attached hydrogens (tertiary/aromatic N) is 6. The molecule has 60 heavy (non-hydrogen) atoms. The van der Waals surface area contributed by atoms with E-state index in [1.54, 1.807) is 58.9 Å². The standard InChI is InChI=1S/C44H44N10O6/c1-59-43(57)51-36(28-11-5-3-6-12-28)41(55)53-21-9-15-34(53)39-47-25-32(49-39)27-17-19-30(20-18-27)38-45-23-31(24-46-38)33-26-48-40(50-33)35-16-10-22-54(35)42(56)37(52-44(58)60-2)29-13-7-4-8-14-29/h3-8,11-14,17-20,23-26,34-37H,9-10,15-16,21-22H2,1-2H3,(H,47,49)(H,48,50)(H,51,57)(H,52,58)/t34-,35-,36+,37+/m0/s1. The molecule has 3 aromatic carbocycles. The second kappa shape index (κ2) is 17.6. The number of H-pyrrole nitrogens is 2. The van der Waals surface area contributed by atoms with E-state index in [0.29, 0.717) is 53.8 Å². The van der Waals surface area contributed by atoms with Gasteiger partial charge < -0.3 is 39.9 Å². The predicted molar refractivity (Wildman–Crippen MR) is 219 cm³/mol. The Morgan fingerprint density at radius 2 is 1.02 bits per heavy atom. The number of nitrogens with one attached hydrogen (secondary N) is 4. The minimum atomic E-state index is -0.904. The molecule has 0 spiro atoms. The van der Waals surface area contributed by atoms with Crippen LogP contribution < -0.4 is 10.6 Å². The van der Waals surface area contributed by atoms with Crippen molar-refractivity contribution in [1.29, 1.82) is 0 Å². The molecule has 4 N–H and O–H groups in total. The second-order valence-electron chi connectivity index (χ2n) is 14.6. The SMILES string of the molecule is COC(=O)N[C@@H](C(=O)N1CCC[C@H]1c1ncc(-c2ccc(-c3ncc(-c4cnc([C@@H]5CCCN5C(=O)[C@H](NC(=O)OC)c5ccccc5)[nH]4)cn3)cc2)[nH]1)c1ccccc1. The van der Waals surface area contributed by atoms with E-state index in [-0.39, 0.29) is 23.9 Å². The fraction of sp³-hybridized carbons (Fsp3) is 0.273. The zero-order valence-electron chi connectivity index (χ0n) is 33.1. The van der Waals surface area contributed by atoms with E-state index in [4.69, 9.17) is 9.47 Å². The van der Waals surface area contributed by atoms with Gasteiger partial charge in [-0.05, 0) is 42.4 Å². The van der Waals surface area contributed by atoms with Crippen LogP contribution in [0.2, 0.25) is 0 Å². The Balaban J connectivity index is 0.928. The summed E-state index contributed by atoms with van der Waals surface area (Å²) in [6.45, 7) is 1.06. The van der Waals surface area contributed by atoms with E-state index in [1.807, 2.05) is 60.7 Å². The first-order valence-corrected chi connectivity index (χ1v) is 19.7. The van der Waals surface area contributed by atoms with Gasteiger partial charge >= 0.3 is 12.2 Å². The fourth-order valence-corrected chi connectivity index (χ4v) is 7.90. The minimum Gasteiger partial charge on any atom is -0.453 e. The van der Waals surface area contributed by atoms with Crippen LogP contribution in [-0.2, 0) is 19.1 Å². The van der Waals surface area contributed by atoms with Crippen molar-refractivity contribution in [3.63, 3.8) is 0 Å². The average molecular weight is 809 g/mol. The van der Waals surface area contributed by atoms with E-state index in [0.717, 1.165) is 41.6 Å². The number of rotatable bonds is 11. The molecule has 5 heterocycles. The average Bonchev–Trinajstić information content (AvgIpc) is 4.15. The summed E-state index contributed by atoms with van der Waals surface area (Å²) >= 11 is 0. The summed E-state index contributed by atoms with van der Waals surface area (Å²) in [4.78, 5) is 81.1. The summed E-state index contributed by atoms with van der Waals surface area (Å²) in [7, 11) is 2.54. The maximum Gasteiger partial charge on any atom is 0.407 e. The van der Waals surface area contributed by atoms with Gasteiger partial charge in [-0.1, -0.05) is 84.9 Å². The molecule has 16 heteroatoms. The van der Waals surface area contributed by atoms with Crippen LogP contribution >= 0.6 is 0 Å². The number of ether oxygens (including phenoxy) is 2. The molecule has 3 aromatic heterocycles. The summed E-state index contributed by atoms with van der Waals surface area (Å²) < 4.78 is 9.63. The van der Waals surface area contributed by atoms with Gasteiger partial charge in [-0.2, -0.15) is 0 Å². The Hall–Kier alpha value is -7.36. The summed E-state index contributed by atoms with van der Waals surface area (Å²) in [5.41, 5.74) is 5.30. The molecule has 306 valence electrons. The van der Waals surface area contributed by atoms with Crippen molar-refractivity contribution < 1.29 is 28.7 Å². The van der Waals surface area contributed by atoms with Crippen molar-refractivity contribution in [3.8, 4) is 33.9 Å². The number of alkyl carbamates (subject to hydrolysis) is 2. The van der Waals surface area contributed by atoms with Gasteiger partial charge in [0.15, 0.2) is 5.82 Å². The lowest BCUT2D eigenvalue weighted by Gasteiger charge is -2.28. The highest BCUT2D eigenvalue weighted by Crippen LogP contribution is 2.36. The van der Waals surface area contributed by atoms with Crippen molar-refractivity contribution in [1.82, 2.24) is 50.3 Å². The Bertz CT molecular complexity index is 2270. The van der Waals surface area contributed by atoms with Crippen molar-refractivity contribution in [2.45, 2.75) is 49.9 Å². The van der Waals surface area contributed by atoms with Crippen LogP contribution in [0.5, 0.6) is 0 Å². The monoisotopic (exact) mass is 808 g/mol. The number of amides is 4. The Morgan fingerprint density at radius 3 is 1.47 bits per heavy atom. The number of likely N-dealkylation sites (tertiary alicyclic amines) is 2. The smallest absolute Gasteiger partial charge is 0.407 e. The number of imidazole rings is 2. The molecule has 4 atom stereocenters. The molecule has 16 nitrogen and oxygen atoms in total. The first-order valence-electron chi connectivity index (χ1n) is 19.7. The number of hydrogen-bond donors (Lipinski definition) is 4. The molecule has 0 radical (unpaired) electrons. The molecule has 2 aliphatic heterocycles. The molecule has 6 aromatic rings. The quantitative estimate of drug-likeness (QED) is 0.113. The predicted octanol–water partition coefficient (Wildman–Crippen LogP) is 6.45. The molecule has 0 unspecified atom stereocenters. The molecule has 8 rings (SSSR count). The second-order valence-corrected chi connectivity index (χ2v) is 14.6. The first kappa shape index (κ1) is 39.5. The molecule has 0 saturated carbocycles. The zero-order valence-corrected chi connectivity index (χ0v) is 33.1. The van der Waals surface area contributed by atoms with Gasteiger partial charge in [-0.15, -0.1) is 0 Å². The molecule has 0 aliphatic carbocycles. The lowest BCUT2D eigenvalue weighted by atomic mass is 10.1. The Kier molecular flexibility index (Phi) is 11.6. The van der Waals surface area contributed by atoms with Gasteiger partial charge in [0.1, 0.15) is 23.7 Å². The van der Waals surface area contributed by atoms with Crippen molar-refractivity contribution in [3.05, 3.63) is 132 Å². The van der Waals surface area contributed by atoms with Gasteiger partial charge in [0.05, 0.1) is 50.1 Å². The van der Waals surface area contributed by atoms with Crippen molar-refractivity contribution >= 4 is 24.0 Å². The molecule has 0 bridgehead atoms. The topological polar surface area (TPSA) is 200 Å². The number of carbonyl (C=O) groups is 4. The lowest BCUT2D eigenvalue weighted by Crippen LogP contribution is -2.42. The van der Waals surface area contributed by atoms with Crippen LogP contribution in [0.3, 0.4) is 0 Å². The largest absolute Gasteiger partial charge is 0.453 e. The zero-order chi connectivity index (χ0) is 41.6.